The van der Waals surface area contributed by atoms with Crippen LogP contribution in [0.3, 0.4) is 0 Å². The zero-order valence-electron chi connectivity index (χ0n) is 17.1. The number of carbonyl (C=O) groups is 1. The molecular formula is C22H27ClN4O. The van der Waals surface area contributed by atoms with E-state index in [1.54, 1.807) is 29.2 Å². The van der Waals surface area contributed by atoms with Crippen molar-refractivity contribution in [1.29, 1.82) is 5.26 Å². The van der Waals surface area contributed by atoms with Crippen molar-refractivity contribution in [2.45, 2.75) is 26.2 Å². The van der Waals surface area contributed by atoms with Gasteiger partial charge in [-0.15, -0.1) is 0 Å². The van der Waals surface area contributed by atoms with E-state index in [-0.39, 0.29) is 11.4 Å². The number of carbonyl (C=O) groups excluding carboxylic acids is 1. The van der Waals surface area contributed by atoms with Crippen LogP contribution in [0, 0.1) is 11.3 Å². The highest BCUT2D eigenvalue weighted by Gasteiger charge is 2.22. The van der Waals surface area contributed by atoms with Crippen LogP contribution in [0.25, 0.3) is 0 Å². The summed E-state index contributed by atoms with van der Waals surface area (Å²) >= 11 is 6.00. The molecule has 1 N–H and O–H groups in total. The Morgan fingerprint density at radius 2 is 1.75 bits per heavy atom. The van der Waals surface area contributed by atoms with Gasteiger partial charge in [-0.2, -0.15) is 5.26 Å². The first-order valence-electron chi connectivity index (χ1n) is 9.15. The van der Waals surface area contributed by atoms with Gasteiger partial charge in [-0.3, -0.25) is 4.90 Å². The van der Waals surface area contributed by atoms with Crippen molar-refractivity contribution < 1.29 is 4.79 Å². The second-order valence-electron chi connectivity index (χ2n) is 7.98. The van der Waals surface area contributed by atoms with Gasteiger partial charge in [-0.1, -0.05) is 38.4 Å². The fraction of sp³-hybridized carbons (Fsp3) is 0.364. The summed E-state index contributed by atoms with van der Waals surface area (Å²) in [7, 11) is 3.93. The Bertz CT molecular complexity index is 864. The lowest BCUT2D eigenvalue weighted by molar-refractivity contribution is 0.256. The van der Waals surface area contributed by atoms with E-state index < -0.39 is 0 Å². The van der Waals surface area contributed by atoms with E-state index in [1.807, 2.05) is 37.2 Å². The predicted molar refractivity (Wildman–Crippen MR) is 116 cm³/mol. The van der Waals surface area contributed by atoms with Gasteiger partial charge in [0.1, 0.15) is 0 Å². The Kier molecular flexibility index (Phi) is 7.06. The van der Waals surface area contributed by atoms with Gasteiger partial charge in [-0.25, -0.2) is 4.79 Å². The minimum atomic E-state index is -0.246. The first-order chi connectivity index (χ1) is 13.1. The summed E-state index contributed by atoms with van der Waals surface area (Å²) in [6, 6.07) is 14.5. The summed E-state index contributed by atoms with van der Waals surface area (Å²) in [6.07, 6.45) is 0. The SMILES string of the molecule is CN(C)CCN(C(=O)Nc1cc(C#N)ccc1C(C)(C)C)c1ccc(Cl)cc1. The molecule has 0 unspecified atom stereocenters. The Balaban J connectivity index is 2.37. The summed E-state index contributed by atoms with van der Waals surface area (Å²) in [5, 5.41) is 12.9. The number of amides is 2. The van der Waals surface area contributed by atoms with Gasteiger partial charge < -0.3 is 10.2 Å². The Morgan fingerprint density at radius 1 is 1.11 bits per heavy atom. The molecule has 28 heavy (non-hydrogen) atoms. The van der Waals surface area contributed by atoms with Crippen molar-refractivity contribution in [3.05, 3.63) is 58.6 Å². The molecule has 0 heterocycles. The fourth-order valence-corrected chi connectivity index (χ4v) is 2.95. The lowest BCUT2D eigenvalue weighted by Gasteiger charge is -2.27. The molecule has 0 radical (unpaired) electrons. The molecule has 0 bridgehead atoms. The topological polar surface area (TPSA) is 59.4 Å². The maximum atomic E-state index is 13.2. The number of likely N-dealkylation sites (N-methyl/N-ethyl adjacent to an activating group) is 1. The average Bonchev–Trinajstić information content (AvgIpc) is 2.62. The number of hydrogen-bond donors (Lipinski definition) is 1. The molecule has 0 aliphatic rings. The normalized spacial score (nSPS) is 11.2. The van der Waals surface area contributed by atoms with Crippen molar-refractivity contribution in [2.75, 3.05) is 37.4 Å². The number of anilines is 2. The van der Waals surface area contributed by atoms with Crippen LogP contribution in [0.15, 0.2) is 42.5 Å². The van der Waals surface area contributed by atoms with Gasteiger partial charge in [0, 0.05) is 29.5 Å². The first-order valence-corrected chi connectivity index (χ1v) is 9.53. The molecule has 0 aromatic heterocycles. The molecule has 0 spiro atoms. The molecule has 0 atom stereocenters. The maximum absolute atomic E-state index is 13.2. The highest BCUT2D eigenvalue weighted by molar-refractivity contribution is 6.30. The second-order valence-corrected chi connectivity index (χ2v) is 8.42. The molecule has 0 aliphatic heterocycles. The van der Waals surface area contributed by atoms with Crippen molar-refractivity contribution in [3.63, 3.8) is 0 Å². The van der Waals surface area contributed by atoms with Crippen molar-refractivity contribution in [1.82, 2.24) is 4.90 Å². The number of rotatable bonds is 5. The molecule has 0 fully saturated rings. The molecule has 0 aliphatic carbocycles. The number of hydrogen-bond acceptors (Lipinski definition) is 3. The summed E-state index contributed by atoms with van der Waals surface area (Å²) in [6.45, 7) is 7.46. The molecular weight excluding hydrogens is 372 g/mol. The average molecular weight is 399 g/mol. The number of nitriles is 1. The Hall–Kier alpha value is -2.55. The standard InChI is InChI=1S/C22H27ClN4O/c1-22(2,3)19-11-6-16(15-24)14-20(19)25-21(28)27(13-12-26(4)5)18-9-7-17(23)8-10-18/h6-11,14H,12-13H2,1-5H3,(H,25,28). The molecule has 6 heteroatoms. The lowest BCUT2D eigenvalue weighted by atomic mass is 9.85. The van der Waals surface area contributed by atoms with Gasteiger partial charge in [0.25, 0.3) is 0 Å². The van der Waals surface area contributed by atoms with E-state index in [1.165, 1.54) is 0 Å². The highest BCUT2D eigenvalue weighted by Crippen LogP contribution is 2.31. The number of nitrogens with zero attached hydrogens (tertiary/aromatic N) is 3. The minimum Gasteiger partial charge on any atom is -0.308 e. The van der Waals surface area contributed by atoms with Gasteiger partial charge in [0.15, 0.2) is 0 Å². The smallest absolute Gasteiger partial charge is 0.308 e. The van der Waals surface area contributed by atoms with Crippen LogP contribution < -0.4 is 10.2 Å². The molecule has 2 amide bonds. The van der Waals surface area contributed by atoms with Crippen LogP contribution in [0.5, 0.6) is 0 Å². The molecule has 2 aromatic rings. The third kappa shape index (κ3) is 5.72. The van der Waals surface area contributed by atoms with Gasteiger partial charge >= 0.3 is 6.03 Å². The van der Waals surface area contributed by atoms with Crippen LogP contribution in [0.4, 0.5) is 16.2 Å². The highest BCUT2D eigenvalue weighted by atomic mass is 35.5. The maximum Gasteiger partial charge on any atom is 0.326 e. The third-order valence-electron chi connectivity index (χ3n) is 4.35. The van der Waals surface area contributed by atoms with E-state index in [2.05, 4.69) is 32.2 Å². The van der Waals surface area contributed by atoms with Crippen molar-refractivity contribution in [2.24, 2.45) is 0 Å². The molecule has 2 aromatic carbocycles. The summed E-state index contributed by atoms with van der Waals surface area (Å²) in [4.78, 5) is 16.9. The number of urea groups is 1. The van der Waals surface area contributed by atoms with Gasteiger partial charge in [0.05, 0.1) is 11.6 Å². The molecule has 0 saturated heterocycles. The van der Waals surface area contributed by atoms with Crippen LogP contribution in [-0.2, 0) is 5.41 Å². The number of benzene rings is 2. The quantitative estimate of drug-likeness (QED) is 0.761. The molecule has 0 saturated carbocycles. The monoisotopic (exact) mass is 398 g/mol. The van der Waals surface area contributed by atoms with E-state index in [0.717, 1.165) is 11.3 Å². The number of nitrogens with one attached hydrogen (secondary N) is 1. The van der Waals surface area contributed by atoms with E-state index >= 15 is 0 Å². The van der Waals surface area contributed by atoms with Crippen LogP contribution in [0.2, 0.25) is 5.02 Å². The zero-order chi connectivity index (χ0) is 20.9. The lowest BCUT2D eigenvalue weighted by Crippen LogP contribution is -2.40. The minimum absolute atomic E-state index is 0.175. The molecule has 2 rings (SSSR count). The zero-order valence-corrected chi connectivity index (χ0v) is 17.8. The van der Waals surface area contributed by atoms with Crippen LogP contribution >= 0.6 is 11.6 Å². The van der Waals surface area contributed by atoms with Crippen LogP contribution in [-0.4, -0.2) is 38.1 Å². The van der Waals surface area contributed by atoms with Crippen LogP contribution in [0.1, 0.15) is 31.9 Å². The predicted octanol–water partition coefficient (Wildman–Crippen LogP) is 5.11. The fourth-order valence-electron chi connectivity index (χ4n) is 2.82. The van der Waals surface area contributed by atoms with Gasteiger partial charge in [-0.05, 0) is 61.5 Å². The third-order valence-corrected chi connectivity index (χ3v) is 4.60. The van der Waals surface area contributed by atoms with Gasteiger partial charge in [0.2, 0.25) is 0 Å². The summed E-state index contributed by atoms with van der Waals surface area (Å²) in [5.41, 5.74) is 2.72. The first kappa shape index (κ1) is 21.7. The largest absolute Gasteiger partial charge is 0.326 e. The summed E-state index contributed by atoms with van der Waals surface area (Å²) in [5.74, 6) is 0. The van der Waals surface area contributed by atoms with E-state index in [4.69, 9.17) is 11.6 Å². The van der Waals surface area contributed by atoms with E-state index in [0.29, 0.717) is 29.4 Å². The molecule has 5 nitrogen and oxygen atoms in total. The summed E-state index contributed by atoms with van der Waals surface area (Å²) < 4.78 is 0. The second kappa shape index (κ2) is 9.09. The Labute approximate surface area is 172 Å². The Morgan fingerprint density at radius 3 is 2.29 bits per heavy atom. The van der Waals surface area contributed by atoms with E-state index in [9.17, 15) is 10.1 Å². The number of halogens is 1. The molecule has 148 valence electrons. The van der Waals surface area contributed by atoms with Crippen molar-refractivity contribution >= 4 is 29.0 Å². The van der Waals surface area contributed by atoms with Crippen molar-refractivity contribution in [3.8, 4) is 6.07 Å².